The molecule has 1 rings (SSSR count). The molecule has 0 bridgehead atoms. The van der Waals surface area contributed by atoms with Gasteiger partial charge in [0.15, 0.2) is 0 Å². The van der Waals surface area contributed by atoms with Crippen LogP contribution in [-0.2, 0) is 9.53 Å². The molecule has 0 amide bonds. The number of carbonyl (C=O) groups is 1. The summed E-state index contributed by atoms with van der Waals surface area (Å²) >= 11 is 0.215. The minimum absolute atomic E-state index is 0.0207. The first-order valence-electron chi connectivity index (χ1n) is 4.07. The summed E-state index contributed by atoms with van der Waals surface area (Å²) in [4.78, 5) is 10.6. The molecular formula is C10H12O2Se. The first-order valence-corrected chi connectivity index (χ1v) is 5.92. The zero-order chi connectivity index (χ0) is 9.68. The molecule has 0 radical (unpaired) electrons. The second-order valence-electron chi connectivity index (χ2n) is 2.61. The Morgan fingerprint density at radius 1 is 1.38 bits per heavy atom. The van der Waals surface area contributed by atoms with Crippen molar-refractivity contribution in [3.8, 4) is 0 Å². The van der Waals surface area contributed by atoms with Gasteiger partial charge in [-0.2, -0.15) is 0 Å². The van der Waals surface area contributed by atoms with Crippen molar-refractivity contribution in [2.45, 2.75) is 18.8 Å². The van der Waals surface area contributed by atoms with Crippen molar-refractivity contribution in [1.29, 1.82) is 0 Å². The maximum absolute atomic E-state index is 10.6. The zero-order valence-corrected chi connectivity index (χ0v) is 9.40. The molecule has 13 heavy (non-hydrogen) atoms. The molecule has 1 atom stereocenters. The van der Waals surface area contributed by atoms with Gasteiger partial charge >= 0.3 is 84.1 Å². The molecule has 2 nitrogen and oxygen atoms in total. The summed E-state index contributed by atoms with van der Waals surface area (Å²) in [6, 6.07) is 10.1. The quantitative estimate of drug-likeness (QED) is 0.583. The van der Waals surface area contributed by atoms with Crippen molar-refractivity contribution in [2.24, 2.45) is 0 Å². The Morgan fingerprint density at radius 2 is 2.00 bits per heavy atom. The Morgan fingerprint density at radius 3 is 2.54 bits per heavy atom. The molecule has 1 aromatic carbocycles. The number of esters is 1. The molecule has 0 saturated carbocycles. The van der Waals surface area contributed by atoms with Gasteiger partial charge in [0.2, 0.25) is 0 Å². The normalized spacial score (nSPS) is 12.2. The fourth-order valence-corrected chi connectivity index (χ4v) is 2.80. The number of carbonyl (C=O) groups excluding carboxylic acids is 1. The van der Waals surface area contributed by atoms with Gasteiger partial charge in [-0.15, -0.1) is 0 Å². The van der Waals surface area contributed by atoms with Crippen LogP contribution in [0, 0.1) is 0 Å². The Bertz CT molecular complexity index is 272. The molecule has 0 fully saturated rings. The monoisotopic (exact) mass is 244 g/mol. The van der Waals surface area contributed by atoms with Crippen LogP contribution in [0.4, 0.5) is 0 Å². The first kappa shape index (κ1) is 10.3. The third kappa shape index (κ3) is 4.11. The average molecular weight is 243 g/mol. The van der Waals surface area contributed by atoms with Crippen LogP contribution < -0.4 is 4.46 Å². The van der Waals surface area contributed by atoms with Crippen molar-refractivity contribution >= 4 is 25.4 Å². The van der Waals surface area contributed by atoms with Gasteiger partial charge in [-0.05, 0) is 0 Å². The van der Waals surface area contributed by atoms with E-state index in [0.717, 1.165) is 0 Å². The van der Waals surface area contributed by atoms with Gasteiger partial charge in [0.05, 0.1) is 0 Å². The van der Waals surface area contributed by atoms with Crippen LogP contribution in [0.2, 0.25) is 0 Å². The summed E-state index contributed by atoms with van der Waals surface area (Å²) in [6.45, 7) is 3.37. The Hall–Kier alpha value is -0.791. The van der Waals surface area contributed by atoms with Crippen LogP contribution in [0.5, 0.6) is 0 Å². The number of benzene rings is 1. The number of rotatable bonds is 3. The van der Waals surface area contributed by atoms with Crippen molar-refractivity contribution < 1.29 is 9.53 Å². The molecule has 0 N–H and O–H groups in total. The number of hydrogen-bond donors (Lipinski definition) is 0. The zero-order valence-electron chi connectivity index (χ0n) is 7.69. The number of hydrogen-bond acceptors (Lipinski definition) is 2. The van der Waals surface area contributed by atoms with E-state index in [9.17, 15) is 4.79 Å². The molecule has 0 spiro atoms. The molecular weight excluding hydrogens is 231 g/mol. The van der Waals surface area contributed by atoms with Crippen molar-refractivity contribution in [2.75, 3.05) is 0 Å². The summed E-state index contributed by atoms with van der Waals surface area (Å²) in [7, 11) is 0. The molecule has 0 heterocycles. The molecule has 0 aromatic heterocycles. The van der Waals surface area contributed by atoms with Gasteiger partial charge < -0.3 is 0 Å². The van der Waals surface area contributed by atoms with E-state index in [2.05, 4.69) is 12.1 Å². The van der Waals surface area contributed by atoms with E-state index in [0.29, 0.717) is 0 Å². The minimum atomic E-state index is -0.203. The average Bonchev–Trinajstić information content (AvgIpc) is 2.04. The van der Waals surface area contributed by atoms with Gasteiger partial charge in [0.1, 0.15) is 0 Å². The van der Waals surface area contributed by atoms with Gasteiger partial charge in [0.25, 0.3) is 0 Å². The van der Waals surface area contributed by atoms with E-state index in [4.69, 9.17) is 4.74 Å². The van der Waals surface area contributed by atoms with Crippen LogP contribution in [0.3, 0.4) is 0 Å². The van der Waals surface area contributed by atoms with Crippen molar-refractivity contribution in [3.63, 3.8) is 0 Å². The standard InChI is InChI=1S/C10H12O2Se/c1-8(11)12-9(2)13-10-6-4-3-5-7-10/h3-7,9H,1-2H3. The van der Waals surface area contributed by atoms with Crippen LogP contribution in [0.25, 0.3) is 0 Å². The summed E-state index contributed by atoms with van der Waals surface area (Å²) < 4.78 is 6.30. The molecule has 1 unspecified atom stereocenters. The van der Waals surface area contributed by atoms with Crippen LogP contribution in [0.15, 0.2) is 30.3 Å². The molecule has 0 aliphatic rings. The Kier molecular flexibility index (Phi) is 4.00. The second kappa shape index (κ2) is 5.05. The molecule has 0 saturated heterocycles. The molecule has 0 aliphatic heterocycles. The fraction of sp³-hybridized carbons (Fsp3) is 0.300. The van der Waals surface area contributed by atoms with Crippen LogP contribution >= 0.6 is 0 Å². The third-order valence-electron chi connectivity index (χ3n) is 1.38. The molecule has 0 aliphatic carbocycles. The summed E-state index contributed by atoms with van der Waals surface area (Å²) in [6.07, 6.45) is 0. The first-order chi connectivity index (χ1) is 6.18. The van der Waals surface area contributed by atoms with Gasteiger partial charge in [0, 0.05) is 0 Å². The summed E-state index contributed by atoms with van der Waals surface area (Å²) in [5.41, 5.74) is 0. The van der Waals surface area contributed by atoms with E-state index in [-0.39, 0.29) is 25.9 Å². The predicted molar refractivity (Wildman–Crippen MR) is 53.1 cm³/mol. The number of ether oxygens (including phenoxy) is 1. The fourth-order valence-electron chi connectivity index (χ4n) is 0.948. The molecule has 70 valence electrons. The topological polar surface area (TPSA) is 26.3 Å². The van der Waals surface area contributed by atoms with E-state index in [1.165, 1.54) is 11.4 Å². The van der Waals surface area contributed by atoms with Crippen LogP contribution in [-0.4, -0.2) is 25.9 Å². The maximum atomic E-state index is 10.6. The SMILES string of the molecule is CC(=O)OC(C)[Se]c1ccccc1. The van der Waals surface area contributed by atoms with E-state index in [1.54, 1.807) is 0 Å². The summed E-state index contributed by atoms with van der Waals surface area (Å²) in [5, 5.41) is 0.0207. The second-order valence-corrected chi connectivity index (χ2v) is 5.48. The van der Waals surface area contributed by atoms with Crippen molar-refractivity contribution in [3.05, 3.63) is 30.3 Å². The summed E-state index contributed by atoms with van der Waals surface area (Å²) in [5.74, 6) is -0.203. The van der Waals surface area contributed by atoms with E-state index in [1.807, 2.05) is 25.1 Å². The molecule has 1 aromatic rings. The van der Waals surface area contributed by atoms with Gasteiger partial charge in [-0.1, -0.05) is 0 Å². The van der Waals surface area contributed by atoms with Gasteiger partial charge in [-0.25, -0.2) is 0 Å². The van der Waals surface area contributed by atoms with E-state index < -0.39 is 0 Å². The van der Waals surface area contributed by atoms with Crippen molar-refractivity contribution in [1.82, 2.24) is 0 Å². The Labute approximate surface area is 84.4 Å². The predicted octanol–water partition coefficient (Wildman–Crippen LogP) is 0.925. The van der Waals surface area contributed by atoms with E-state index >= 15 is 0 Å². The Balaban J connectivity index is 2.45. The molecule has 3 heteroatoms. The van der Waals surface area contributed by atoms with Crippen LogP contribution in [0.1, 0.15) is 13.8 Å². The third-order valence-corrected chi connectivity index (χ3v) is 3.42. The van der Waals surface area contributed by atoms with Gasteiger partial charge in [-0.3, -0.25) is 0 Å².